The molecule has 1 amide bonds. The lowest BCUT2D eigenvalue weighted by atomic mass is 10.0. The highest BCUT2D eigenvalue weighted by Gasteiger charge is 2.30. The summed E-state index contributed by atoms with van der Waals surface area (Å²) in [5, 5.41) is 2.71. The Labute approximate surface area is 138 Å². The van der Waals surface area contributed by atoms with Gasteiger partial charge in [-0.05, 0) is 29.7 Å². The Kier molecular flexibility index (Phi) is 5.84. The molecule has 1 N–H and O–H groups in total. The Morgan fingerprint density at radius 1 is 1.12 bits per heavy atom. The van der Waals surface area contributed by atoms with Gasteiger partial charge in [0.1, 0.15) is 5.75 Å². The van der Waals surface area contributed by atoms with Gasteiger partial charge < -0.3 is 10.1 Å². The van der Waals surface area contributed by atoms with Crippen LogP contribution in [0.25, 0.3) is 0 Å². The van der Waals surface area contributed by atoms with Gasteiger partial charge in [0.15, 0.2) is 6.61 Å². The van der Waals surface area contributed by atoms with E-state index in [1.165, 1.54) is 12.1 Å². The van der Waals surface area contributed by atoms with Crippen LogP contribution in [0, 0.1) is 0 Å². The number of nitrogens with one attached hydrogen (secondary N) is 1. The highest BCUT2D eigenvalue weighted by atomic mass is 19.4. The molecule has 0 aromatic heterocycles. The van der Waals surface area contributed by atoms with Crippen LogP contribution in [0.1, 0.15) is 24.0 Å². The lowest BCUT2D eigenvalue weighted by Crippen LogP contribution is -2.31. The van der Waals surface area contributed by atoms with Crippen LogP contribution in [0.5, 0.6) is 5.75 Å². The Morgan fingerprint density at radius 2 is 1.83 bits per heavy atom. The SMILES string of the molecule is C[C@H](CNC(=O)COc1cccc(C(F)(F)F)c1)c1ccccc1. The number of amides is 1. The summed E-state index contributed by atoms with van der Waals surface area (Å²) < 4.78 is 42.9. The molecule has 0 unspecified atom stereocenters. The minimum Gasteiger partial charge on any atom is -0.484 e. The summed E-state index contributed by atoms with van der Waals surface area (Å²) in [5.41, 5.74) is 0.287. The second kappa shape index (κ2) is 7.86. The van der Waals surface area contributed by atoms with Crippen LogP contribution in [0.4, 0.5) is 13.2 Å². The second-order valence-electron chi connectivity index (χ2n) is 5.43. The molecule has 2 aromatic carbocycles. The maximum atomic E-state index is 12.6. The molecule has 128 valence electrons. The zero-order chi connectivity index (χ0) is 17.6. The Bertz CT molecular complexity index is 671. The molecule has 0 aliphatic rings. The quantitative estimate of drug-likeness (QED) is 0.865. The van der Waals surface area contributed by atoms with Crippen molar-refractivity contribution in [3.8, 4) is 5.75 Å². The third-order valence-electron chi connectivity index (χ3n) is 3.51. The van der Waals surface area contributed by atoms with Crippen molar-refractivity contribution in [3.05, 3.63) is 65.7 Å². The summed E-state index contributed by atoms with van der Waals surface area (Å²) in [6.07, 6.45) is -4.44. The van der Waals surface area contributed by atoms with Gasteiger partial charge >= 0.3 is 6.18 Å². The molecule has 0 saturated heterocycles. The fraction of sp³-hybridized carbons (Fsp3) is 0.278. The molecule has 0 radical (unpaired) electrons. The number of carbonyl (C=O) groups is 1. The van der Waals surface area contributed by atoms with Gasteiger partial charge in [-0.25, -0.2) is 0 Å². The molecule has 0 aliphatic heterocycles. The van der Waals surface area contributed by atoms with E-state index in [1.807, 2.05) is 37.3 Å². The van der Waals surface area contributed by atoms with E-state index in [0.29, 0.717) is 6.54 Å². The molecular formula is C18H18F3NO2. The van der Waals surface area contributed by atoms with Crippen LogP contribution in [-0.4, -0.2) is 19.1 Å². The van der Waals surface area contributed by atoms with E-state index in [4.69, 9.17) is 4.74 Å². The monoisotopic (exact) mass is 337 g/mol. The van der Waals surface area contributed by atoms with Crippen LogP contribution in [0.15, 0.2) is 54.6 Å². The lowest BCUT2D eigenvalue weighted by Gasteiger charge is -2.14. The third-order valence-corrected chi connectivity index (χ3v) is 3.51. The van der Waals surface area contributed by atoms with Crippen molar-refractivity contribution in [2.24, 2.45) is 0 Å². The van der Waals surface area contributed by atoms with Gasteiger partial charge in [-0.15, -0.1) is 0 Å². The molecule has 24 heavy (non-hydrogen) atoms. The maximum Gasteiger partial charge on any atom is 0.416 e. The van der Waals surface area contributed by atoms with Crippen molar-refractivity contribution in [2.75, 3.05) is 13.2 Å². The zero-order valence-electron chi connectivity index (χ0n) is 13.1. The molecule has 0 bridgehead atoms. The molecule has 1 atom stereocenters. The van der Waals surface area contributed by atoms with Crippen molar-refractivity contribution < 1.29 is 22.7 Å². The molecule has 6 heteroatoms. The molecule has 0 aliphatic carbocycles. The minimum atomic E-state index is -4.44. The summed E-state index contributed by atoms with van der Waals surface area (Å²) in [6, 6.07) is 14.1. The van der Waals surface area contributed by atoms with Gasteiger partial charge in [0, 0.05) is 6.54 Å². The van der Waals surface area contributed by atoms with Crippen molar-refractivity contribution in [2.45, 2.75) is 19.0 Å². The predicted molar refractivity (Wildman–Crippen MR) is 84.8 cm³/mol. The molecule has 0 heterocycles. The van der Waals surface area contributed by atoms with Gasteiger partial charge in [0.25, 0.3) is 5.91 Å². The van der Waals surface area contributed by atoms with E-state index in [0.717, 1.165) is 17.7 Å². The Morgan fingerprint density at radius 3 is 2.50 bits per heavy atom. The Balaban J connectivity index is 1.81. The topological polar surface area (TPSA) is 38.3 Å². The van der Waals surface area contributed by atoms with Gasteiger partial charge in [-0.2, -0.15) is 13.2 Å². The summed E-state index contributed by atoms with van der Waals surface area (Å²) in [6.45, 7) is 2.07. The number of ether oxygens (including phenoxy) is 1. The van der Waals surface area contributed by atoms with E-state index >= 15 is 0 Å². The number of rotatable bonds is 6. The summed E-state index contributed by atoms with van der Waals surface area (Å²) in [5.74, 6) is -0.241. The molecule has 3 nitrogen and oxygen atoms in total. The van der Waals surface area contributed by atoms with Crippen molar-refractivity contribution in [1.82, 2.24) is 5.32 Å². The number of hydrogen-bond donors (Lipinski definition) is 1. The third kappa shape index (κ3) is 5.30. The van der Waals surface area contributed by atoms with E-state index in [2.05, 4.69) is 5.32 Å². The molecule has 0 fully saturated rings. The second-order valence-corrected chi connectivity index (χ2v) is 5.43. The van der Waals surface area contributed by atoms with Crippen molar-refractivity contribution in [3.63, 3.8) is 0 Å². The number of carbonyl (C=O) groups excluding carboxylic acids is 1. The van der Waals surface area contributed by atoms with Gasteiger partial charge in [-0.3, -0.25) is 4.79 Å². The molecule has 0 spiro atoms. The van der Waals surface area contributed by atoms with Gasteiger partial charge in [-0.1, -0.05) is 43.3 Å². The summed E-state index contributed by atoms with van der Waals surface area (Å²) in [7, 11) is 0. The average molecular weight is 337 g/mol. The van der Waals surface area contributed by atoms with Crippen molar-refractivity contribution in [1.29, 1.82) is 0 Å². The molecule has 2 rings (SSSR count). The molecule has 2 aromatic rings. The van der Waals surface area contributed by atoms with E-state index < -0.39 is 11.7 Å². The number of alkyl halides is 3. The maximum absolute atomic E-state index is 12.6. The van der Waals surface area contributed by atoms with Crippen LogP contribution in [0.3, 0.4) is 0 Å². The molecule has 0 saturated carbocycles. The number of halogens is 3. The minimum absolute atomic E-state index is 0.0103. The van der Waals surface area contributed by atoms with E-state index in [-0.39, 0.29) is 24.2 Å². The van der Waals surface area contributed by atoms with Crippen LogP contribution >= 0.6 is 0 Å². The standard InChI is InChI=1S/C18H18F3NO2/c1-13(14-6-3-2-4-7-14)11-22-17(23)12-24-16-9-5-8-15(10-16)18(19,20)21/h2-10,13H,11-12H2,1H3,(H,22,23)/t13-/m1/s1. The van der Waals surface area contributed by atoms with Gasteiger partial charge in [0.05, 0.1) is 5.56 Å². The van der Waals surface area contributed by atoms with Crippen LogP contribution < -0.4 is 10.1 Å². The van der Waals surface area contributed by atoms with E-state index in [1.54, 1.807) is 0 Å². The largest absolute Gasteiger partial charge is 0.484 e. The highest BCUT2D eigenvalue weighted by Crippen LogP contribution is 2.31. The molecular weight excluding hydrogens is 319 g/mol. The van der Waals surface area contributed by atoms with Gasteiger partial charge in [0.2, 0.25) is 0 Å². The normalized spacial score (nSPS) is 12.5. The highest BCUT2D eigenvalue weighted by molar-refractivity contribution is 5.77. The average Bonchev–Trinajstić information content (AvgIpc) is 2.58. The number of hydrogen-bond acceptors (Lipinski definition) is 2. The zero-order valence-corrected chi connectivity index (χ0v) is 13.1. The first-order chi connectivity index (χ1) is 11.4. The summed E-state index contributed by atoms with van der Waals surface area (Å²) >= 11 is 0. The van der Waals surface area contributed by atoms with Crippen LogP contribution in [-0.2, 0) is 11.0 Å². The lowest BCUT2D eigenvalue weighted by molar-refractivity contribution is -0.137. The van der Waals surface area contributed by atoms with E-state index in [9.17, 15) is 18.0 Å². The fourth-order valence-corrected chi connectivity index (χ4v) is 2.13. The fourth-order valence-electron chi connectivity index (χ4n) is 2.13. The first-order valence-electron chi connectivity index (χ1n) is 7.48. The van der Waals surface area contributed by atoms with Crippen LogP contribution in [0.2, 0.25) is 0 Å². The smallest absolute Gasteiger partial charge is 0.416 e. The predicted octanol–water partition coefficient (Wildman–Crippen LogP) is 4.00. The first-order valence-corrected chi connectivity index (χ1v) is 7.48. The first kappa shape index (κ1) is 17.8. The Hall–Kier alpha value is -2.50. The summed E-state index contributed by atoms with van der Waals surface area (Å²) in [4.78, 5) is 11.8. The number of benzene rings is 2. The van der Waals surface area contributed by atoms with Crippen molar-refractivity contribution >= 4 is 5.91 Å².